The van der Waals surface area contributed by atoms with E-state index in [4.69, 9.17) is 9.47 Å². The largest absolute Gasteiger partial charge is 0.457 e. The number of carbonyl (C=O) groups excluding carboxylic acids is 1. The third-order valence-electron chi connectivity index (χ3n) is 3.63. The summed E-state index contributed by atoms with van der Waals surface area (Å²) in [5.41, 5.74) is 2.05. The molecule has 0 amide bonds. The van der Waals surface area contributed by atoms with Gasteiger partial charge in [-0.05, 0) is 42.3 Å². The molecule has 3 nitrogen and oxygen atoms in total. The number of ketones is 1. The highest BCUT2D eigenvalue weighted by Crippen LogP contribution is 2.29. The van der Waals surface area contributed by atoms with E-state index in [1.54, 1.807) is 6.42 Å². The summed E-state index contributed by atoms with van der Waals surface area (Å²) < 4.78 is 11.2. The number of Topliss-reactive ketones (excluding diaryl/α,β-unsaturated/α-hetero) is 1. The number of para-hydroxylation sites is 1. The lowest BCUT2D eigenvalue weighted by Crippen LogP contribution is -2.26. The van der Waals surface area contributed by atoms with Gasteiger partial charge in [0.25, 0.3) is 0 Å². The molecule has 21 heavy (non-hydrogen) atoms. The number of hydrogen-bond acceptors (Lipinski definition) is 3. The van der Waals surface area contributed by atoms with E-state index in [1.807, 2.05) is 55.5 Å². The van der Waals surface area contributed by atoms with E-state index in [9.17, 15) is 4.79 Å². The lowest BCUT2D eigenvalue weighted by atomic mass is 9.89. The van der Waals surface area contributed by atoms with E-state index in [2.05, 4.69) is 0 Å². The third kappa shape index (κ3) is 3.14. The van der Waals surface area contributed by atoms with Gasteiger partial charge in [0, 0.05) is 0 Å². The molecule has 107 valence electrons. The molecule has 1 radical (unpaired) electrons. The van der Waals surface area contributed by atoms with Crippen LogP contribution < -0.4 is 4.74 Å². The maximum Gasteiger partial charge on any atom is 0.148 e. The Morgan fingerprint density at radius 3 is 2.62 bits per heavy atom. The molecule has 1 atom stereocenters. The zero-order valence-corrected chi connectivity index (χ0v) is 11.9. The monoisotopic (exact) mass is 281 g/mol. The summed E-state index contributed by atoms with van der Waals surface area (Å²) in [6, 6.07) is 15.5. The first kappa shape index (κ1) is 13.8. The van der Waals surface area contributed by atoms with Crippen molar-refractivity contribution in [3.05, 3.63) is 66.1 Å². The van der Waals surface area contributed by atoms with Crippen molar-refractivity contribution in [3.8, 4) is 11.5 Å². The minimum Gasteiger partial charge on any atom is -0.457 e. The van der Waals surface area contributed by atoms with E-state index in [0.29, 0.717) is 13.2 Å². The van der Waals surface area contributed by atoms with Crippen LogP contribution in [0.5, 0.6) is 11.5 Å². The number of carbonyl (C=O) groups is 1. The summed E-state index contributed by atoms with van der Waals surface area (Å²) in [7, 11) is 0. The molecular weight excluding hydrogens is 264 g/mol. The summed E-state index contributed by atoms with van der Waals surface area (Å²) in [5, 5.41) is 0. The van der Waals surface area contributed by atoms with Crippen LogP contribution in [0.2, 0.25) is 0 Å². The fourth-order valence-electron chi connectivity index (χ4n) is 2.52. The van der Waals surface area contributed by atoms with Gasteiger partial charge in [-0.25, -0.2) is 0 Å². The van der Waals surface area contributed by atoms with Crippen LogP contribution in [0.4, 0.5) is 0 Å². The van der Waals surface area contributed by atoms with Crippen molar-refractivity contribution in [2.45, 2.75) is 12.8 Å². The second-order valence-electron chi connectivity index (χ2n) is 5.13. The van der Waals surface area contributed by atoms with Crippen molar-refractivity contribution in [1.29, 1.82) is 0 Å². The molecule has 1 aliphatic rings. The Morgan fingerprint density at radius 2 is 1.90 bits per heavy atom. The molecule has 0 saturated carbocycles. The first-order valence-electron chi connectivity index (χ1n) is 7.02. The van der Waals surface area contributed by atoms with Crippen molar-refractivity contribution in [2.24, 2.45) is 0 Å². The Bertz CT molecular complexity index is 634. The topological polar surface area (TPSA) is 35.5 Å². The highest BCUT2D eigenvalue weighted by Gasteiger charge is 2.26. The lowest BCUT2D eigenvalue weighted by Gasteiger charge is -2.22. The molecule has 2 aromatic rings. The Morgan fingerprint density at radius 1 is 1.10 bits per heavy atom. The van der Waals surface area contributed by atoms with Crippen LogP contribution in [-0.4, -0.2) is 19.0 Å². The minimum absolute atomic E-state index is 0.140. The van der Waals surface area contributed by atoms with Gasteiger partial charge >= 0.3 is 0 Å². The first-order valence-corrected chi connectivity index (χ1v) is 7.02. The van der Waals surface area contributed by atoms with E-state index in [1.165, 1.54) is 0 Å². The minimum atomic E-state index is -0.190. The molecule has 1 fully saturated rings. The number of rotatable bonds is 3. The van der Waals surface area contributed by atoms with Gasteiger partial charge in [-0.15, -0.1) is 0 Å². The van der Waals surface area contributed by atoms with Gasteiger partial charge < -0.3 is 9.47 Å². The Labute approximate surface area is 124 Å². The maximum absolute atomic E-state index is 12.0. The van der Waals surface area contributed by atoms with Crippen LogP contribution in [0.3, 0.4) is 0 Å². The van der Waals surface area contributed by atoms with Gasteiger partial charge in [-0.2, -0.15) is 0 Å². The third-order valence-corrected chi connectivity index (χ3v) is 3.63. The lowest BCUT2D eigenvalue weighted by molar-refractivity contribution is -0.121. The summed E-state index contributed by atoms with van der Waals surface area (Å²) in [6.07, 6.45) is 1.61. The molecule has 0 aromatic heterocycles. The van der Waals surface area contributed by atoms with E-state index in [-0.39, 0.29) is 11.7 Å². The summed E-state index contributed by atoms with van der Waals surface area (Å²) in [6.45, 7) is 2.87. The van der Waals surface area contributed by atoms with Gasteiger partial charge in [0.15, 0.2) is 0 Å². The highest BCUT2D eigenvalue weighted by atomic mass is 16.5. The molecule has 0 N–H and O–H groups in total. The predicted octanol–water partition coefficient (Wildman–Crippen LogP) is 3.67. The van der Waals surface area contributed by atoms with Crippen LogP contribution in [0.15, 0.2) is 48.5 Å². The van der Waals surface area contributed by atoms with Crippen LogP contribution in [0, 0.1) is 13.3 Å². The molecule has 0 spiro atoms. The van der Waals surface area contributed by atoms with E-state index in [0.717, 1.165) is 22.6 Å². The van der Waals surface area contributed by atoms with E-state index >= 15 is 0 Å². The number of benzene rings is 2. The number of ether oxygens (including phenoxy) is 2. The second kappa shape index (κ2) is 6.10. The molecule has 3 heteroatoms. The van der Waals surface area contributed by atoms with Crippen molar-refractivity contribution in [1.82, 2.24) is 0 Å². The highest BCUT2D eigenvalue weighted by molar-refractivity contribution is 5.94. The first-order chi connectivity index (χ1) is 10.2. The van der Waals surface area contributed by atoms with Crippen molar-refractivity contribution in [2.75, 3.05) is 13.2 Å². The zero-order valence-electron chi connectivity index (χ0n) is 11.9. The van der Waals surface area contributed by atoms with Crippen LogP contribution in [-0.2, 0) is 9.53 Å². The summed E-state index contributed by atoms with van der Waals surface area (Å²) >= 11 is 0. The Kier molecular flexibility index (Phi) is 4.02. The molecule has 1 heterocycles. The van der Waals surface area contributed by atoms with E-state index < -0.39 is 0 Å². The van der Waals surface area contributed by atoms with Gasteiger partial charge in [0.1, 0.15) is 17.3 Å². The average molecular weight is 281 g/mol. The maximum atomic E-state index is 12.0. The Balaban J connectivity index is 1.81. The van der Waals surface area contributed by atoms with Crippen LogP contribution in [0.25, 0.3) is 0 Å². The van der Waals surface area contributed by atoms with Gasteiger partial charge in [0.2, 0.25) is 0 Å². The SMILES string of the molecule is Cc1cc(Oc2ccccc2)ccc1[C@@H]1COC[CH]C1=O. The summed E-state index contributed by atoms with van der Waals surface area (Å²) in [4.78, 5) is 12.0. The van der Waals surface area contributed by atoms with Crippen molar-refractivity contribution < 1.29 is 14.3 Å². The molecule has 0 aliphatic carbocycles. The summed E-state index contributed by atoms with van der Waals surface area (Å²) in [5.74, 6) is 1.52. The average Bonchev–Trinajstić information content (AvgIpc) is 2.50. The van der Waals surface area contributed by atoms with Gasteiger partial charge in [-0.1, -0.05) is 24.3 Å². The second-order valence-corrected chi connectivity index (χ2v) is 5.13. The molecule has 0 bridgehead atoms. The Hall–Kier alpha value is -2.13. The predicted molar refractivity (Wildman–Crippen MR) is 80.6 cm³/mol. The normalized spacial score (nSPS) is 18.5. The molecule has 2 aromatic carbocycles. The molecule has 3 rings (SSSR count). The zero-order chi connectivity index (χ0) is 14.7. The smallest absolute Gasteiger partial charge is 0.148 e. The molecule has 0 unspecified atom stereocenters. The van der Waals surface area contributed by atoms with Crippen molar-refractivity contribution in [3.63, 3.8) is 0 Å². The fourth-order valence-corrected chi connectivity index (χ4v) is 2.52. The molecular formula is C18H17O3. The fraction of sp³-hybridized carbons (Fsp3) is 0.222. The molecule has 1 aliphatic heterocycles. The van der Waals surface area contributed by atoms with Crippen LogP contribution >= 0.6 is 0 Å². The van der Waals surface area contributed by atoms with Gasteiger partial charge in [0.05, 0.1) is 25.6 Å². The number of hydrogen-bond donors (Lipinski definition) is 0. The quantitative estimate of drug-likeness (QED) is 0.861. The number of aryl methyl sites for hydroxylation is 1. The van der Waals surface area contributed by atoms with Crippen LogP contribution in [0.1, 0.15) is 17.0 Å². The van der Waals surface area contributed by atoms with Crippen molar-refractivity contribution >= 4 is 5.78 Å². The molecule has 1 saturated heterocycles. The standard InChI is InChI=1S/C18H17O3/c1-13-11-15(21-14-5-3-2-4-6-14)7-8-16(13)17-12-20-10-9-18(17)19/h2-9,11,17H,10,12H2,1H3/t17-/m0/s1. The van der Waals surface area contributed by atoms with Gasteiger partial charge in [-0.3, -0.25) is 4.79 Å².